The maximum atomic E-state index is 12.8. The molecule has 1 heterocycles. The molecule has 0 radical (unpaired) electrons. The zero-order valence-electron chi connectivity index (χ0n) is 14.1. The Morgan fingerprint density at radius 2 is 1.88 bits per heavy atom. The van der Waals surface area contributed by atoms with E-state index in [1.165, 1.54) is 0 Å². The molecule has 0 atom stereocenters. The van der Waals surface area contributed by atoms with Crippen LogP contribution in [0.5, 0.6) is 11.5 Å². The SMILES string of the molecule is CCCN1C(=O)c2cccc3c2c1cc1ccc(OC)c(OC)c13. The molecule has 4 heteroatoms. The summed E-state index contributed by atoms with van der Waals surface area (Å²) in [4.78, 5) is 14.7. The molecule has 24 heavy (non-hydrogen) atoms. The van der Waals surface area contributed by atoms with Crippen molar-refractivity contribution in [1.29, 1.82) is 0 Å². The number of hydrogen-bond acceptors (Lipinski definition) is 3. The first-order valence-electron chi connectivity index (χ1n) is 8.13. The molecule has 0 aromatic heterocycles. The first-order valence-corrected chi connectivity index (χ1v) is 8.13. The number of amides is 1. The van der Waals surface area contributed by atoms with Crippen molar-refractivity contribution in [3.63, 3.8) is 0 Å². The van der Waals surface area contributed by atoms with Gasteiger partial charge in [-0.3, -0.25) is 4.79 Å². The van der Waals surface area contributed by atoms with Gasteiger partial charge < -0.3 is 14.4 Å². The second-order valence-electron chi connectivity index (χ2n) is 5.98. The molecule has 0 fully saturated rings. The van der Waals surface area contributed by atoms with E-state index in [-0.39, 0.29) is 5.91 Å². The van der Waals surface area contributed by atoms with Crippen molar-refractivity contribution in [2.45, 2.75) is 13.3 Å². The van der Waals surface area contributed by atoms with E-state index < -0.39 is 0 Å². The fourth-order valence-electron chi connectivity index (χ4n) is 3.69. The molecule has 3 aromatic rings. The third-order valence-corrected chi connectivity index (χ3v) is 4.67. The second-order valence-corrected chi connectivity index (χ2v) is 5.98. The van der Waals surface area contributed by atoms with Crippen molar-refractivity contribution >= 4 is 33.1 Å². The van der Waals surface area contributed by atoms with Crippen molar-refractivity contribution < 1.29 is 14.3 Å². The molecule has 0 saturated carbocycles. The van der Waals surface area contributed by atoms with Gasteiger partial charge in [-0.1, -0.05) is 25.1 Å². The van der Waals surface area contributed by atoms with Gasteiger partial charge in [-0.25, -0.2) is 0 Å². The number of nitrogens with zero attached hydrogens (tertiary/aromatic N) is 1. The molecule has 4 rings (SSSR count). The molecule has 0 bridgehead atoms. The molecule has 0 spiro atoms. The molecule has 4 nitrogen and oxygen atoms in total. The van der Waals surface area contributed by atoms with Crippen LogP contribution in [0.25, 0.3) is 21.5 Å². The average Bonchev–Trinajstić information content (AvgIpc) is 2.88. The lowest BCUT2D eigenvalue weighted by Gasteiger charge is -2.18. The maximum Gasteiger partial charge on any atom is 0.258 e. The number of benzene rings is 3. The van der Waals surface area contributed by atoms with Crippen molar-refractivity contribution in [1.82, 2.24) is 0 Å². The van der Waals surface area contributed by atoms with E-state index in [1.54, 1.807) is 14.2 Å². The van der Waals surface area contributed by atoms with E-state index in [2.05, 4.69) is 19.1 Å². The summed E-state index contributed by atoms with van der Waals surface area (Å²) < 4.78 is 11.1. The fraction of sp³-hybridized carbons (Fsp3) is 0.250. The van der Waals surface area contributed by atoms with Crippen molar-refractivity contribution in [2.75, 3.05) is 25.7 Å². The van der Waals surface area contributed by atoms with E-state index in [1.807, 2.05) is 29.2 Å². The molecule has 1 aliphatic heterocycles. The Morgan fingerprint density at radius 1 is 1.04 bits per heavy atom. The predicted molar refractivity (Wildman–Crippen MR) is 96.5 cm³/mol. The summed E-state index contributed by atoms with van der Waals surface area (Å²) in [5.74, 6) is 1.49. The van der Waals surface area contributed by atoms with Crippen LogP contribution in [0.15, 0.2) is 36.4 Å². The van der Waals surface area contributed by atoms with E-state index in [9.17, 15) is 4.79 Å². The summed E-state index contributed by atoms with van der Waals surface area (Å²) in [6, 6.07) is 11.9. The lowest BCUT2D eigenvalue weighted by molar-refractivity contribution is 0.0993. The molecule has 0 aliphatic carbocycles. The minimum atomic E-state index is 0.0821. The third kappa shape index (κ3) is 1.83. The Hall–Kier alpha value is -2.75. The van der Waals surface area contributed by atoms with Crippen molar-refractivity contribution in [3.8, 4) is 11.5 Å². The van der Waals surface area contributed by atoms with Gasteiger partial charge >= 0.3 is 0 Å². The molecule has 0 unspecified atom stereocenters. The highest BCUT2D eigenvalue weighted by Gasteiger charge is 2.30. The van der Waals surface area contributed by atoms with Gasteiger partial charge in [0.25, 0.3) is 5.91 Å². The highest BCUT2D eigenvalue weighted by molar-refractivity contribution is 6.30. The van der Waals surface area contributed by atoms with Crippen molar-refractivity contribution in [2.24, 2.45) is 0 Å². The van der Waals surface area contributed by atoms with Crippen LogP contribution in [0.2, 0.25) is 0 Å². The molecule has 0 N–H and O–H groups in total. The van der Waals surface area contributed by atoms with Gasteiger partial charge in [-0.05, 0) is 35.4 Å². The average molecular weight is 321 g/mol. The highest BCUT2D eigenvalue weighted by Crippen LogP contribution is 2.46. The van der Waals surface area contributed by atoms with Crippen LogP contribution in [0.4, 0.5) is 5.69 Å². The lowest BCUT2D eigenvalue weighted by Crippen LogP contribution is -2.27. The summed E-state index contributed by atoms with van der Waals surface area (Å²) in [6.07, 6.45) is 0.922. The van der Waals surface area contributed by atoms with Crippen molar-refractivity contribution in [3.05, 3.63) is 42.0 Å². The predicted octanol–water partition coefficient (Wildman–Crippen LogP) is 4.38. The standard InChI is InChI=1S/C20H19NO3/c1-4-10-21-15-11-12-8-9-16(23-2)19(24-3)17(12)13-6-5-7-14(18(13)15)20(21)22/h5-9,11H,4,10H2,1-3H3. The van der Waals surface area contributed by atoms with E-state index in [0.29, 0.717) is 11.5 Å². The number of hydrogen-bond donors (Lipinski definition) is 0. The van der Waals surface area contributed by atoms with E-state index >= 15 is 0 Å². The number of ether oxygens (including phenoxy) is 2. The van der Waals surface area contributed by atoms with Gasteiger partial charge in [0.05, 0.1) is 19.9 Å². The number of carbonyl (C=O) groups is 1. The molecule has 0 saturated heterocycles. The van der Waals surface area contributed by atoms with Gasteiger partial charge in [0.2, 0.25) is 0 Å². The number of carbonyl (C=O) groups excluding carboxylic acids is 1. The minimum Gasteiger partial charge on any atom is -0.493 e. The smallest absolute Gasteiger partial charge is 0.258 e. The summed E-state index contributed by atoms with van der Waals surface area (Å²) in [5, 5.41) is 4.07. The number of anilines is 1. The monoisotopic (exact) mass is 321 g/mol. The fourth-order valence-corrected chi connectivity index (χ4v) is 3.69. The Kier molecular flexibility index (Phi) is 3.34. The Morgan fingerprint density at radius 3 is 2.58 bits per heavy atom. The summed E-state index contributed by atoms with van der Waals surface area (Å²) >= 11 is 0. The zero-order valence-corrected chi connectivity index (χ0v) is 14.1. The third-order valence-electron chi connectivity index (χ3n) is 4.67. The highest BCUT2D eigenvalue weighted by atomic mass is 16.5. The lowest BCUT2D eigenvalue weighted by atomic mass is 9.97. The van der Waals surface area contributed by atoms with Crippen LogP contribution >= 0.6 is 0 Å². The first-order chi connectivity index (χ1) is 11.7. The van der Waals surface area contributed by atoms with Gasteiger partial charge in [0, 0.05) is 22.9 Å². The second kappa shape index (κ2) is 5.41. The minimum absolute atomic E-state index is 0.0821. The first kappa shape index (κ1) is 14.8. The molecule has 1 aliphatic rings. The summed E-state index contributed by atoms with van der Waals surface area (Å²) in [5.41, 5.74) is 1.76. The molecule has 3 aromatic carbocycles. The zero-order chi connectivity index (χ0) is 16.8. The Balaban J connectivity index is 2.17. The summed E-state index contributed by atoms with van der Waals surface area (Å²) in [7, 11) is 3.28. The Bertz CT molecular complexity index is 978. The number of rotatable bonds is 4. The Labute approximate surface area is 140 Å². The van der Waals surface area contributed by atoms with Crippen LogP contribution < -0.4 is 14.4 Å². The largest absolute Gasteiger partial charge is 0.493 e. The normalized spacial score (nSPS) is 13.1. The van der Waals surface area contributed by atoms with Crippen LogP contribution in [0.1, 0.15) is 23.7 Å². The quantitative estimate of drug-likeness (QED) is 0.669. The van der Waals surface area contributed by atoms with Crippen LogP contribution in [0, 0.1) is 0 Å². The van der Waals surface area contributed by atoms with Gasteiger partial charge in [-0.2, -0.15) is 0 Å². The maximum absolute atomic E-state index is 12.8. The number of methoxy groups -OCH3 is 2. The van der Waals surface area contributed by atoms with Gasteiger partial charge in [0.1, 0.15) is 0 Å². The van der Waals surface area contributed by atoms with E-state index in [4.69, 9.17) is 9.47 Å². The molecule has 1 amide bonds. The van der Waals surface area contributed by atoms with Crippen LogP contribution in [0.3, 0.4) is 0 Å². The van der Waals surface area contributed by atoms with E-state index in [0.717, 1.165) is 45.8 Å². The van der Waals surface area contributed by atoms with Gasteiger partial charge in [-0.15, -0.1) is 0 Å². The topological polar surface area (TPSA) is 38.8 Å². The van der Waals surface area contributed by atoms with Crippen LogP contribution in [-0.4, -0.2) is 26.7 Å². The molecule has 122 valence electrons. The molecular weight excluding hydrogens is 302 g/mol. The van der Waals surface area contributed by atoms with Crippen LogP contribution in [-0.2, 0) is 0 Å². The number of fused-ring (bicyclic) bond motifs is 2. The summed E-state index contributed by atoms with van der Waals surface area (Å²) in [6.45, 7) is 2.81. The van der Waals surface area contributed by atoms with Gasteiger partial charge in [0.15, 0.2) is 11.5 Å². The molecular formula is C20H19NO3.